The second-order valence-corrected chi connectivity index (χ2v) is 7.20. The van der Waals surface area contributed by atoms with Crippen molar-refractivity contribution >= 4 is 45.0 Å². The first-order valence-electron chi connectivity index (χ1n) is 8.24. The van der Waals surface area contributed by atoms with E-state index >= 15 is 0 Å². The number of rotatable bonds is 4. The van der Waals surface area contributed by atoms with Gasteiger partial charge in [0.15, 0.2) is 4.77 Å². The van der Waals surface area contributed by atoms with Crippen molar-refractivity contribution in [2.24, 2.45) is 0 Å². The molecule has 0 bridgehead atoms. The monoisotopic (exact) mass is 431 g/mol. The van der Waals surface area contributed by atoms with Gasteiger partial charge in [-0.1, -0.05) is 34.1 Å². The van der Waals surface area contributed by atoms with Gasteiger partial charge < -0.3 is 10.3 Å². The van der Waals surface area contributed by atoms with Crippen molar-refractivity contribution in [1.82, 2.24) is 14.9 Å². The number of hydrogen-bond acceptors (Lipinski definition) is 3. The predicted molar refractivity (Wildman–Crippen MR) is 109 cm³/mol. The lowest BCUT2D eigenvalue weighted by atomic mass is 10.1. The number of hydrogen-bond donors (Lipinski definition) is 2. The summed E-state index contributed by atoms with van der Waals surface area (Å²) in [5.41, 5.74) is 1.87. The standard InChI is InChI=1S/C19H18BrN3O2S/c1-3-23-18(25)14-9-8-12(10-16(14)22-19(23)26)17(24)21-11(2)13-6-4-5-7-15(13)20/h4-11H,3H2,1-2H3,(H,21,24)(H,22,26)/t11-/m1/s1. The minimum absolute atomic E-state index is 0.153. The molecule has 1 heterocycles. The van der Waals surface area contributed by atoms with Gasteiger partial charge in [-0.2, -0.15) is 0 Å². The van der Waals surface area contributed by atoms with E-state index in [9.17, 15) is 9.59 Å². The minimum Gasteiger partial charge on any atom is -0.345 e. The van der Waals surface area contributed by atoms with Gasteiger partial charge in [-0.05, 0) is 55.9 Å². The zero-order valence-corrected chi connectivity index (χ0v) is 16.8. The Kier molecular flexibility index (Phi) is 5.38. The third kappa shape index (κ3) is 3.50. The molecule has 1 aromatic heterocycles. The number of H-pyrrole nitrogens is 1. The fourth-order valence-corrected chi connectivity index (χ4v) is 3.82. The van der Waals surface area contributed by atoms with Gasteiger partial charge in [0.05, 0.1) is 16.9 Å². The van der Waals surface area contributed by atoms with Crippen LogP contribution in [-0.4, -0.2) is 15.5 Å². The van der Waals surface area contributed by atoms with Crippen molar-refractivity contribution in [3.8, 4) is 0 Å². The van der Waals surface area contributed by atoms with Gasteiger partial charge >= 0.3 is 0 Å². The summed E-state index contributed by atoms with van der Waals surface area (Å²) in [6.07, 6.45) is 0. The number of nitrogens with one attached hydrogen (secondary N) is 2. The van der Waals surface area contributed by atoms with Crippen LogP contribution in [0.3, 0.4) is 0 Å². The third-order valence-corrected chi connectivity index (χ3v) is 5.32. The van der Waals surface area contributed by atoms with E-state index in [0.29, 0.717) is 27.8 Å². The Labute approximate surface area is 164 Å². The molecular weight excluding hydrogens is 414 g/mol. The normalized spacial score (nSPS) is 12.1. The van der Waals surface area contributed by atoms with Crippen LogP contribution in [0.2, 0.25) is 0 Å². The summed E-state index contributed by atoms with van der Waals surface area (Å²) in [7, 11) is 0. The molecule has 0 saturated heterocycles. The van der Waals surface area contributed by atoms with E-state index in [0.717, 1.165) is 10.0 Å². The second kappa shape index (κ2) is 7.55. The molecule has 0 spiro atoms. The summed E-state index contributed by atoms with van der Waals surface area (Å²) in [6.45, 7) is 4.28. The lowest BCUT2D eigenvalue weighted by molar-refractivity contribution is 0.0940. The number of fused-ring (bicyclic) bond motifs is 1. The SMILES string of the molecule is CCn1c(=S)[nH]c2cc(C(=O)N[C@H](C)c3ccccc3Br)ccc2c1=O. The van der Waals surface area contributed by atoms with Crippen molar-refractivity contribution in [1.29, 1.82) is 0 Å². The first-order valence-corrected chi connectivity index (χ1v) is 9.44. The highest BCUT2D eigenvalue weighted by atomic mass is 79.9. The second-order valence-electron chi connectivity index (χ2n) is 5.96. The number of aromatic amines is 1. The summed E-state index contributed by atoms with van der Waals surface area (Å²) in [5, 5.41) is 3.49. The molecule has 0 saturated carbocycles. The van der Waals surface area contributed by atoms with E-state index in [2.05, 4.69) is 26.2 Å². The van der Waals surface area contributed by atoms with Crippen LogP contribution in [0.25, 0.3) is 10.9 Å². The lowest BCUT2D eigenvalue weighted by Crippen LogP contribution is -2.27. The van der Waals surface area contributed by atoms with Crippen LogP contribution in [0.4, 0.5) is 0 Å². The quantitative estimate of drug-likeness (QED) is 0.603. The van der Waals surface area contributed by atoms with Crippen LogP contribution in [0, 0.1) is 4.77 Å². The van der Waals surface area contributed by atoms with Gasteiger partial charge in [-0.3, -0.25) is 14.2 Å². The highest BCUT2D eigenvalue weighted by Gasteiger charge is 2.15. The third-order valence-electron chi connectivity index (χ3n) is 4.28. The Morgan fingerprint density at radius 2 is 2.04 bits per heavy atom. The van der Waals surface area contributed by atoms with E-state index in [4.69, 9.17) is 12.2 Å². The van der Waals surface area contributed by atoms with Crippen molar-refractivity contribution in [3.63, 3.8) is 0 Å². The average Bonchev–Trinajstić information content (AvgIpc) is 2.61. The average molecular weight is 432 g/mol. The largest absolute Gasteiger partial charge is 0.345 e. The number of carbonyl (C=O) groups is 1. The zero-order valence-electron chi connectivity index (χ0n) is 14.4. The predicted octanol–water partition coefficient (Wildman–Crippen LogP) is 4.33. The molecule has 0 aliphatic heterocycles. The fraction of sp³-hybridized carbons (Fsp3) is 0.211. The van der Waals surface area contributed by atoms with Gasteiger partial charge in [0.2, 0.25) is 0 Å². The maximum Gasteiger partial charge on any atom is 0.262 e. The molecule has 1 atom stereocenters. The van der Waals surface area contributed by atoms with E-state index in [1.807, 2.05) is 38.1 Å². The number of aromatic nitrogens is 2. The summed E-state index contributed by atoms with van der Waals surface area (Å²) in [6, 6.07) is 12.6. The Hall–Kier alpha value is -2.25. The number of halogens is 1. The van der Waals surface area contributed by atoms with Crippen LogP contribution < -0.4 is 10.9 Å². The molecule has 0 aliphatic rings. The highest BCUT2D eigenvalue weighted by Crippen LogP contribution is 2.23. The maximum atomic E-state index is 12.6. The maximum absolute atomic E-state index is 12.6. The summed E-state index contributed by atoms with van der Waals surface area (Å²) in [5.74, 6) is -0.214. The highest BCUT2D eigenvalue weighted by molar-refractivity contribution is 9.10. The van der Waals surface area contributed by atoms with Gasteiger partial charge in [0, 0.05) is 16.6 Å². The topological polar surface area (TPSA) is 66.9 Å². The molecular formula is C19H18BrN3O2S. The van der Waals surface area contributed by atoms with Crippen molar-refractivity contribution < 1.29 is 4.79 Å². The molecule has 5 nitrogen and oxygen atoms in total. The lowest BCUT2D eigenvalue weighted by Gasteiger charge is -2.16. The Morgan fingerprint density at radius 3 is 2.73 bits per heavy atom. The molecule has 2 N–H and O–H groups in total. The van der Waals surface area contributed by atoms with Crippen LogP contribution in [0.1, 0.15) is 35.8 Å². The number of amides is 1. The molecule has 2 aromatic carbocycles. The molecule has 0 unspecified atom stereocenters. The number of nitrogens with zero attached hydrogens (tertiary/aromatic N) is 1. The number of benzene rings is 2. The molecule has 134 valence electrons. The molecule has 0 radical (unpaired) electrons. The van der Waals surface area contributed by atoms with Crippen LogP contribution in [0.5, 0.6) is 0 Å². The summed E-state index contributed by atoms with van der Waals surface area (Å²) in [4.78, 5) is 28.1. The molecule has 7 heteroatoms. The van der Waals surface area contributed by atoms with Gasteiger partial charge in [-0.25, -0.2) is 0 Å². The first-order chi connectivity index (χ1) is 12.4. The van der Waals surface area contributed by atoms with Gasteiger partial charge in [0.1, 0.15) is 0 Å². The van der Waals surface area contributed by atoms with Crippen LogP contribution in [-0.2, 0) is 6.54 Å². The smallest absolute Gasteiger partial charge is 0.262 e. The van der Waals surface area contributed by atoms with Crippen molar-refractivity contribution in [2.45, 2.75) is 26.4 Å². The Balaban J connectivity index is 1.93. The van der Waals surface area contributed by atoms with Gasteiger partial charge in [-0.15, -0.1) is 0 Å². The number of carbonyl (C=O) groups excluding carboxylic acids is 1. The van der Waals surface area contributed by atoms with Gasteiger partial charge in [0.25, 0.3) is 11.5 Å². The van der Waals surface area contributed by atoms with E-state index in [1.54, 1.807) is 18.2 Å². The van der Waals surface area contributed by atoms with E-state index < -0.39 is 0 Å². The zero-order chi connectivity index (χ0) is 18.8. The van der Waals surface area contributed by atoms with Crippen molar-refractivity contribution in [3.05, 3.63) is 73.2 Å². The van der Waals surface area contributed by atoms with E-state index in [1.165, 1.54) is 4.57 Å². The summed E-state index contributed by atoms with van der Waals surface area (Å²) < 4.78 is 2.78. The Bertz CT molecular complexity index is 1100. The molecule has 3 aromatic rings. The molecule has 3 rings (SSSR count). The summed E-state index contributed by atoms with van der Waals surface area (Å²) >= 11 is 8.73. The minimum atomic E-state index is -0.214. The molecule has 0 fully saturated rings. The van der Waals surface area contributed by atoms with Crippen LogP contribution in [0.15, 0.2) is 51.7 Å². The van der Waals surface area contributed by atoms with Crippen LogP contribution >= 0.6 is 28.1 Å². The fourth-order valence-electron chi connectivity index (χ4n) is 2.87. The molecule has 1 amide bonds. The Morgan fingerprint density at radius 1 is 1.31 bits per heavy atom. The molecule has 26 heavy (non-hydrogen) atoms. The van der Waals surface area contributed by atoms with Crippen molar-refractivity contribution in [2.75, 3.05) is 0 Å². The molecule has 0 aliphatic carbocycles. The van der Waals surface area contributed by atoms with E-state index in [-0.39, 0.29) is 17.5 Å². The first kappa shape index (κ1) is 18.5.